The highest BCUT2D eigenvalue weighted by Crippen LogP contribution is 2.28. The summed E-state index contributed by atoms with van der Waals surface area (Å²) in [7, 11) is 0. The van der Waals surface area contributed by atoms with Gasteiger partial charge in [-0.25, -0.2) is 4.79 Å². The lowest BCUT2D eigenvalue weighted by atomic mass is 9.84. The number of amides is 1. The zero-order chi connectivity index (χ0) is 16.5. The van der Waals surface area contributed by atoms with Crippen LogP contribution in [0, 0.1) is 5.41 Å². The SMILES string of the molecule is CC(C)(C)CNC1(CC(=O)O)CN(C(=O)OC(C)(C)C)C1. The van der Waals surface area contributed by atoms with Crippen LogP contribution in [0.5, 0.6) is 0 Å². The average Bonchev–Trinajstić information content (AvgIpc) is 2.16. The van der Waals surface area contributed by atoms with Gasteiger partial charge in [0.05, 0.1) is 12.0 Å². The first-order valence-corrected chi connectivity index (χ1v) is 7.27. The first-order chi connectivity index (χ1) is 9.32. The Labute approximate surface area is 126 Å². The summed E-state index contributed by atoms with van der Waals surface area (Å²) in [4.78, 5) is 24.6. The molecule has 1 aliphatic heterocycles. The van der Waals surface area contributed by atoms with E-state index in [9.17, 15) is 9.59 Å². The van der Waals surface area contributed by atoms with Gasteiger partial charge in [-0.3, -0.25) is 4.79 Å². The van der Waals surface area contributed by atoms with Crippen LogP contribution in [-0.2, 0) is 9.53 Å². The Morgan fingerprint density at radius 1 is 1.19 bits per heavy atom. The van der Waals surface area contributed by atoms with Crippen molar-refractivity contribution in [3.8, 4) is 0 Å². The van der Waals surface area contributed by atoms with E-state index in [1.54, 1.807) is 4.90 Å². The van der Waals surface area contributed by atoms with E-state index < -0.39 is 17.1 Å². The van der Waals surface area contributed by atoms with Crippen molar-refractivity contribution in [1.29, 1.82) is 0 Å². The van der Waals surface area contributed by atoms with Crippen LogP contribution < -0.4 is 5.32 Å². The fraction of sp³-hybridized carbons (Fsp3) is 0.867. The van der Waals surface area contributed by atoms with Gasteiger partial charge in [0, 0.05) is 19.6 Å². The number of carboxylic acid groups (broad SMARTS) is 1. The standard InChI is InChI=1S/C15H28N2O4/c1-13(2,3)8-16-15(7-11(18)19)9-17(10-15)12(20)21-14(4,5)6/h16H,7-10H2,1-6H3,(H,18,19). The third-order valence-electron chi connectivity index (χ3n) is 3.12. The van der Waals surface area contributed by atoms with Crippen molar-refractivity contribution in [3.63, 3.8) is 0 Å². The van der Waals surface area contributed by atoms with E-state index in [0.29, 0.717) is 19.6 Å². The molecule has 0 aromatic heterocycles. The van der Waals surface area contributed by atoms with E-state index in [0.717, 1.165) is 0 Å². The molecule has 6 nitrogen and oxygen atoms in total. The number of hydrogen-bond donors (Lipinski definition) is 2. The maximum atomic E-state index is 11.9. The third kappa shape index (κ3) is 5.91. The molecule has 0 atom stereocenters. The van der Waals surface area contributed by atoms with Gasteiger partial charge in [-0.1, -0.05) is 20.8 Å². The fourth-order valence-corrected chi connectivity index (χ4v) is 2.17. The normalized spacial score (nSPS) is 18.1. The molecule has 1 aliphatic rings. The number of likely N-dealkylation sites (tertiary alicyclic amines) is 1. The minimum atomic E-state index is -0.861. The molecule has 1 amide bonds. The molecule has 1 heterocycles. The zero-order valence-corrected chi connectivity index (χ0v) is 13.9. The molecule has 0 radical (unpaired) electrons. The van der Waals surface area contributed by atoms with Crippen LogP contribution in [0.1, 0.15) is 48.0 Å². The summed E-state index contributed by atoms with van der Waals surface area (Å²) >= 11 is 0. The number of carbonyl (C=O) groups excluding carboxylic acids is 1. The maximum absolute atomic E-state index is 11.9. The highest BCUT2D eigenvalue weighted by atomic mass is 16.6. The van der Waals surface area contributed by atoms with Gasteiger partial charge in [0.2, 0.25) is 0 Å². The Bertz CT molecular complexity index is 401. The second kappa shape index (κ2) is 5.83. The van der Waals surface area contributed by atoms with Crippen molar-refractivity contribution in [2.45, 2.75) is 59.1 Å². The van der Waals surface area contributed by atoms with Crippen LogP contribution >= 0.6 is 0 Å². The van der Waals surface area contributed by atoms with Gasteiger partial charge in [0.15, 0.2) is 0 Å². The lowest BCUT2D eigenvalue weighted by molar-refractivity contribution is -0.141. The molecule has 21 heavy (non-hydrogen) atoms. The second-order valence-corrected chi connectivity index (χ2v) is 8.10. The Hall–Kier alpha value is -1.30. The number of ether oxygens (including phenoxy) is 1. The molecule has 2 N–H and O–H groups in total. The Balaban J connectivity index is 2.61. The molecule has 0 aliphatic carbocycles. The molecule has 1 saturated heterocycles. The van der Waals surface area contributed by atoms with E-state index in [1.165, 1.54) is 0 Å². The second-order valence-electron chi connectivity index (χ2n) is 8.10. The predicted molar refractivity (Wildman–Crippen MR) is 80.2 cm³/mol. The first-order valence-electron chi connectivity index (χ1n) is 7.27. The lowest BCUT2D eigenvalue weighted by Gasteiger charge is -2.50. The van der Waals surface area contributed by atoms with Crippen LogP contribution in [-0.4, -0.2) is 52.8 Å². The number of hydrogen-bond acceptors (Lipinski definition) is 4. The van der Waals surface area contributed by atoms with Gasteiger partial charge in [0.25, 0.3) is 0 Å². The molecule has 0 saturated carbocycles. The van der Waals surface area contributed by atoms with Crippen molar-refractivity contribution in [3.05, 3.63) is 0 Å². The van der Waals surface area contributed by atoms with Gasteiger partial charge in [0.1, 0.15) is 5.60 Å². The van der Waals surface area contributed by atoms with E-state index in [2.05, 4.69) is 26.1 Å². The van der Waals surface area contributed by atoms with Crippen molar-refractivity contribution in [1.82, 2.24) is 10.2 Å². The van der Waals surface area contributed by atoms with Crippen molar-refractivity contribution < 1.29 is 19.4 Å². The number of carboxylic acids is 1. The largest absolute Gasteiger partial charge is 0.481 e. The van der Waals surface area contributed by atoms with E-state index >= 15 is 0 Å². The van der Waals surface area contributed by atoms with Crippen LogP contribution in [0.4, 0.5) is 4.79 Å². The first kappa shape index (κ1) is 17.8. The monoisotopic (exact) mass is 300 g/mol. The summed E-state index contributed by atoms with van der Waals surface area (Å²) in [5.41, 5.74) is -1.03. The molecule has 6 heteroatoms. The molecule has 0 unspecified atom stereocenters. The lowest BCUT2D eigenvalue weighted by Crippen LogP contribution is -2.72. The summed E-state index contributed by atoms with van der Waals surface area (Å²) in [6.07, 6.45) is -0.386. The molecule has 1 rings (SSSR count). The smallest absolute Gasteiger partial charge is 0.410 e. The summed E-state index contributed by atoms with van der Waals surface area (Å²) in [5, 5.41) is 12.4. The number of aliphatic carboxylic acids is 1. The molecular weight excluding hydrogens is 272 g/mol. The molecular formula is C15H28N2O4. The zero-order valence-electron chi connectivity index (χ0n) is 13.9. The summed E-state index contributed by atoms with van der Waals surface area (Å²) in [6, 6.07) is 0. The van der Waals surface area contributed by atoms with Crippen molar-refractivity contribution in [2.24, 2.45) is 5.41 Å². The third-order valence-corrected chi connectivity index (χ3v) is 3.12. The Morgan fingerprint density at radius 2 is 1.71 bits per heavy atom. The molecule has 0 aromatic rings. The van der Waals surface area contributed by atoms with Crippen LogP contribution in [0.2, 0.25) is 0 Å². The van der Waals surface area contributed by atoms with Crippen LogP contribution in [0.3, 0.4) is 0 Å². The van der Waals surface area contributed by atoms with E-state index in [4.69, 9.17) is 9.84 Å². The minimum absolute atomic E-state index is 0.00236. The van der Waals surface area contributed by atoms with Crippen molar-refractivity contribution in [2.75, 3.05) is 19.6 Å². The van der Waals surface area contributed by atoms with Crippen LogP contribution in [0.25, 0.3) is 0 Å². The Kier molecular flexibility index (Phi) is 4.93. The number of rotatable bonds is 4. The highest BCUT2D eigenvalue weighted by Gasteiger charge is 2.48. The molecule has 0 spiro atoms. The predicted octanol–water partition coefficient (Wildman–Crippen LogP) is 2.09. The Morgan fingerprint density at radius 3 is 2.10 bits per heavy atom. The van der Waals surface area contributed by atoms with Gasteiger partial charge in [-0.2, -0.15) is 0 Å². The van der Waals surface area contributed by atoms with Gasteiger partial charge >= 0.3 is 12.1 Å². The van der Waals surface area contributed by atoms with Crippen LogP contribution in [0.15, 0.2) is 0 Å². The van der Waals surface area contributed by atoms with Gasteiger partial charge in [-0.05, 0) is 26.2 Å². The summed E-state index contributed by atoms with van der Waals surface area (Å²) < 4.78 is 5.30. The van der Waals surface area contributed by atoms with Crippen molar-refractivity contribution >= 4 is 12.1 Å². The maximum Gasteiger partial charge on any atom is 0.410 e. The number of carbonyl (C=O) groups is 2. The highest BCUT2D eigenvalue weighted by molar-refractivity contribution is 5.73. The molecule has 0 aromatic carbocycles. The number of nitrogens with zero attached hydrogens (tertiary/aromatic N) is 1. The quantitative estimate of drug-likeness (QED) is 0.831. The molecule has 0 bridgehead atoms. The fourth-order valence-electron chi connectivity index (χ4n) is 2.17. The topological polar surface area (TPSA) is 78.9 Å². The molecule has 122 valence electrons. The van der Waals surface area contributed by atoms with E-state index in [-0.39, 0.29) is 17.9 Å². The van der Waals surface area contributed by atoms with Gasteiger partial charge < -0.3 is 20.1 Å². The number of nitrogens with one attached hydrogen (secondary N) is 1. The van der Waals surface area contributed by atoms with Gasteiger partial charge in [-0.15, -0.1) is 0 Å². The van der Waals surface area contributed by atoms with E-state index in [1.807, 2.05) is 20.8 Å². The molecule has 1 fully saturated rings. The summed E-state index contributed by atoms with van der Waals surface area (Å²) in [6.45, 7) is 13.1. The average molecular weight is 300 g/mol. The minimum Gasteiger partial charge on any atom is -0.481 e. The summed E-state index contributed by atoms with van der Waals surface area (Å²) in [5.74, 6) is -0.861.